The number of anilines is 1. The van der Waals surface area contributed by atoms with Crippen molar-refractivity contribution in [2.75, 3.05) is 11.9 Å². The van der Waals surface area contributed by atoms with Crippen LogP contribution in [0.4, 0.5) is 5.69 Å². The van der Waals surface area contributed by atoms with Crippen molar-refractivity contribution in [2.24, 2.45) is 5.92 Å². The lowest BCUT2D eigenvalue weighted by molar-refractivity contribution is -0.118. The van der Waals surface area contributed by atoms with E-state index >= 15 is 0 Å². The summed E-state index contributed by atoms with van der Waals surface area (Å²) >= 11 is 0. The van der Waals surface area contributed by atoms with Crippen LogP contribution >= 0.6 is 0 Å². The van der Waals surface area contributed by atoms with E-state index in [9.17, 15) is 4.79 Å². The van der Waals surface area contributed by atoms with Gasteiger partial charge in [-0.15, -0.1) is 0 Å². The minimum absolute atomic E-state index is 0.00527. The van der Waals surface area contributed by atoms with E-state index in [0.717, 1.165) is 22.3 Å². The number of carbonyl (C=O) groups is 1. The van der Waals surface area contributed by atoms with Gasteiger partial charge < -0.3 is 10.1 Å². The maximum Gasteiger partial charge on any atom is 0.226 e. The summed E-state index contributed by atoms with van der Waals surface area (Å²) in [5, 5.41) is 3.81. The number of pyridine rings is 1. The van der Waals surface area contributed by atoms with Gasteiger partial charge in [0, 0.05) is 17.5 Å². The number of carbonyl (C=O) groups excluding carboxylic acids is 1. The quantitative estimate of drug-likeness (QED) is 0.916. The summed E-state index contributed by atoms with van der Waals surface area (Å²) in [6.45, 7) is 6.25. The Balaban J connectivity index is 2.46. The molecule has 1 amide bonds. The maximum absolute atomic E-state index is 11.8. The van der Waals surface area contributed by atoms with E-state index in [1.54, 1.807) is 6.20 Å². The molecule has 0 fully saturated rings. The van der Waals surface area contributed by atoms with Crippen molar-refractivity contribution in [2.45, 2.75) is 20.8 Å². The third-order valence-electron chi connectivity index (χ3n) is 2.81. The fourth-order valence-electron chi connectivity index (χ4n) is 1.80. The smallest absolute Gasteiger partial charge is 0.226 e. The second kappa shape index (κ2) is 5.69. The number of hydrogen-bond acceptors (Lipinski definition) is 3. The summed E-state index contributed by atoms with van der Waals surface area (Å²) < 4.78 is 5.55. The molecule has 19 heavy (non-hydrogen) atoms. The molecule has 2 rings (SSSR count). The number of rotatable bonds is 4. The zero-order valence-electron chi connectivity index (χ0n) is 11.4. The van der Waals surface area contributed by atoms with E-state index in [0.29, 0.717) is 6.61 Å². The second-order valence-corrected chi connectivity index (χ2v) is 4.59. The molecule has 0 bridgehead atoms. The minimum Gasteiger partial charge on any atom is -0.492 e. The SMILES string of the molecule is CCOc1ccc(NC(=O)C(C)C)c2cccnc12. The van der Waals surface area contributed by atoms with Crippen LogP contribution in [0.3, 0.4) is 0 Å². The van der Waals surface area contributed by atoms with E-state index < -0.39 is 0 Å². The predicted octanol–water partition coefficient (Wildman–Crippen LogP) is 3.23. The molecular weight excluding hydrogens is 240 g/mol. The molecular formula is C15H18N2O2. The van der Waals surface area contributed by atoms with Gasteiger partial charge in [0.25, 0.3) is 0 Å². The Kier molecular flexibility index (Phi) is 4.00. The number of nitrogens with zero attached hydrogens (tertiary/aromatic N) is 1. The first-order valence-electron chi connectivity index (χ1n) is 6.45. The highest BCUT2D eigenvalue weighted by atomic mass is 16.5. The van der Waals surface area contributed by atoms with Crippen LogP contribution in [-0.4, -0.2) is 17.5 Å². The average Bonchev–Trinajstić information content (AvgIpc) is 2.41. The van der Waals surface area contributed by atoms with E-state index in [1.807, 2.05) is 45.0 Å². The highest BCUT2D eigenvalue weighted by Gasteiger charge is 2.12. The van der Waals surface area contributed by atoms with Gasteiger partial charge in [0.15, 0.2) is 0 Å². The van der Waals surface area contributed by atoms with Crippen molar-refractivity contribution in [1.29, 1.82) is 0 Å². The van der Waals surface area contributed by atoms with Gasteiger partial charge in [-0.1, -0.05) is 13.8 Å². The van der Waals surface area contributed by atoms with Crippen molar-refractivity contribution in [3.8, 4) is 5.75 Å². The largest absolute Gasteiger partial charge is 0.492 e. The minimum atomic E-state index is -0.0571. The summed E-state index contributed by atoms with van der Waals surface area (Å²) in [6, 6.07) is 7.48. The van der Waals surface area contributed by atoms with Crippen LogP contribution in [0.2, 0.25) is 0 Å². The Hall–Kier alpha value is -2.10. The summed E-state index contributed by atoms with van der Waals surface area (Å²) in [7, 11) is 0. The van der Waals surface area contributed by atoms with Crippen LogP contribution in [0.1, 0.15) is 20.8 Å². The van der Waals surface area contributed by atoms with Gasteiger partial charge in [-0.25, -0.2) is 0 Å². The molecule has 0 unspecified atom stereocenters. The second-order valence-electron chi connectivity index (χ2n) is 4.59. The van der Waals surface area contributed by atoms with Gasteiger partial charge in [0.2, 0.25) is 5.91 Å². The van der Waals surface area contributed by atoms with Crippen molar-refractivity contribution in [3.05, 3.63) is 30.5 Å². The van der Waals surface area contributed by atoms with Gasteiger partial charge in [-0.2, -0.15) is 0 Å². The molecule has 100 valence electrons. The predicted molar refractivity (Wildman–Crippen MR) is 76.4 cm³/mol. The lowest BCUT2D eigenvalue weighted by Crippen LogP contribution is -2.17. The highest BCUT2D eigenvalue weighted by Crippen LogP contribution is 2.30. The third-order valence-corrected chi connectivity index (χ3v) is 2.81. The van der Waals surface area contributed by atoms with Gasteiger partial charge >= 0.3 is 0 Å². The number of benzene rings is 1. The molecule has 1 aromatic carbocycles. The van der Waals surface area contributed by atoms with Crippen LogP contribution in [-0.2, 0) is 4.79 Å². The van der Waals surface area contributed by atoms with Gasteiger partial charge in [0.05, 0.1) is 12.3 Å². The molecule has 0 aliphatic rings. The Bertz CT molecular complexity index is 594. The lowest BCUT2D eigenvalue weighted by Gasteiger charge is -2.12. The van der Waals surface area contributed by atoms with Gasteiger partial charge in [-0.3, -0.25) is 9.78 Å². The molecule has 0 atom stereocenters. The number of aromatic nitrogens is 1. The number of fused-ring (bicyclic) bond motifs is 1. The number of nitrogens with one attached hydrogen (secondary N) is 1. The lowest BCUT2D eigenvalue weighted by atomic mass is 10.1. The first kappa shape index (κ1) is 13.3. The summed E-state index contributed by atoms with van der Waals surface area (Å²) in [5.41, 5.74) is 1.54. The maximum atomic E-state index is 11.8. The molecule has 0 aliphatic heterocycles. The molecule has 4 nitrogen and oxygen atoms in total. The molecule has 4 heteroatoms. The molecule has 0 spiro atoms. The molecule has 0 saturated carbocycles. The van der Waals surface area contributed by atoms with E-state index in [2.05, 4.69) is 10.3 Å². The summed E-state index contributed by atoms with van der Waals surface area (Å²) in [6.07, 6.45) is 1.72. The van der Waals surface area contributed by atoms with E-state index in [1.165, 1.54) is 0 Å². The van der Waals surface area contributed by atoms with Crippen LogP contribution in [0.15, 0.2) is 30.5 Å². The topological polar surface area (TPSA) is 51.2 Å². The Labute approximate surface area is 112 Å². The standard InChI is InChI=1S/C15H18N2O2/c1-4-19-13-8-7-12(17-15(18)10(2)3)11-6-5-9-16-14(11)13/h5-10H,4H2,1-3H3,(H,17,18). The molecule has 0 saturated heterocycles. The molecule has 1 aromatic heterocycles. The number of ether oxygens (including phenoxy) is 1. The van der Waals surface area contributed by atoms with Crippen molar-refractivity contribution in [1.82, 2.24) is 4.98 Å². The van der Waals surface area contributed by atoms with E-state index in [-0.39, 0.29) is 11.8 Å². The van der Waals surface area contributed by atoms with Crippen molar-refractivity contribution in [3.63, 3.8) is 0 Å². The summed E-state index contributed by atoms with van der Waals surface area (Å²) in [4.78, 5) is 16.1. The molecule has 2 aromatic rings. The first-order chi connectivity index (χ1) is 9.13. The van der Waals surface area contributed by atoms with E-state index in [4.69, 9.17) is 4.74 Å². The van der Waals surface area contributed by atoms with Gasteiger partial charge in [-0.05, 0) is 31.2 Å². The van der Waals surface area contributed by atoms with Crippen molar-refractivity contribution >= 4 is 22.5 Å². The fourth-order valence-corrected chi connectivity index (χ4v) is 1.80. The number of amides is 1. The third kappa shape index (κ3) is 2.84. The Morgan fingerprint density at radius 1 is 1.37 bits per heavy atom. The zero-order valence-corrected chi connectivity index (χ0v) is 11.4. The number of hydrogen-bond donors (Lipinski definition) is 1. The molecule has 1 N–H and O–H groups in total. The van der Waals surface area contributed by atoms with Crippen LogP contribution < -0.4 is 10.1 Å². The monoisotopic (exact) mass is 258 g/mol. The molecule has 0 radical (unpaired) electrons. The summed E-state index contributed by atoms with van der Waals surface area (Å²) in [5.74, 6) is 0.674. The fraction of sp³-hybridized carbons (Fsp3) is 0.333. The Morgan fingerprint density at radius 3 is 2.84 bits per heavy atom. The average molecular weight is 258 g/mol. The Morgan fingerprint density at radius 2 is 2.16 bits per heavy atom. The van der Waals surface area contributed by atoms with Crippen LogP contribution in [0.25, 0.3) is 10.9 Å². The first-order valence-corrected chi connectivity index (χ1v) is 6.45. The van der Waals surface area contributed by atoms with Gasteiger partial charge in [0.1, 0.15) is 11.3 Å². The van der Waals surface area contributed by atoms with Crippen LogP contribution in [0, 0.1) is 5.92 Å². The molecule has 1 heterocycles. The molecule has 0 aliphatic carbocycles. The van der Waals surface area contributed by atoms with Crippen LogP contribution in [0.5, 0.6) is 5.75 Å². The highest BCUT2D eigenvalue weighted by molar-refractivity contribution is 6.03. The van der Waals surface area contributed by atoms with Crippen molar-refractivity contribution < 1.29 is 9.53 Å². The normalized spacial score (nSPS) is 10.7. The zero-order chi connectivity index (χ0) is 13.8.